The molecule has 1 aromatic heterocycles. The first-order chi connectivity index (χ1) is 8.19. The first-order valence-electron chi connectivity index (χ1n) is 5.05. The van der Waals surface area contributed by atoms with Crippen LogP contribution in [0.1, 0.15) is 11.1 Å². The Labute approximate surface area is 97.7 Å². The maximum atomic E-state index is 13.2. The Morgan fingerprint density at radius 1 is 1.29 bits per heavy atom. The summed E-state index contributed by atoms with van der Waals surface area (Å²) in [6.45, 7) is 1.55. The molecule has 0 unspecified atom stereocenters. The number of benzene rings is 1. The second kappa shape index (κ2) is 4.88. The lowest BCUT2D eigenvalue weighted by atomic mass is 10.2. The molecule has 0 saturated carbocycles. The van der Waals surface area contributed by atoms with E-state index in [-0.39, 0.29) is 18.4 Å². The molecule has 0 amide bonds. The fourth-order valence-corrected chi connectivity index (χ4v) is 1.22. The first-order valence-corrected chi connectivity index (χ1v) is 5.05. The van der Waals surface area contributed by atoms with Crippen molar-refractivity contribution < 1.29 is 14.2 Å². The van der Waals surface area contributed by atoms with Crippen molar-refractivity contribution in [1.82, 2.24) is 9.97 Å². The molecule has 5 heteroatoms. The van der Waals surface area contributed by atoms with Crippen LogP contribution in [0.3, 0.4) is 0 Å². The lowest BCUT2D eigenvalue weighted by Crippen LogP contribution is -1.94. The standard InChI is InChI=1S/C12H11FN2O2/c1-8-2-3-10(4-11(8)13)17-12-14-5-9(7-16)6-15-12/h2-6,16H,7H2,1H3. The second-order valence-electron chi connectivity index (χ2n) is 3.55. The Morgan fingerprint density at radius 3 is 2.59 bits per heavy atom. The third-order valence-corrected chi connectivity index (χ3v) is 2.22. The maximum Gasteiger partial charge on any atom is 0.321 e. The highest BCUT2D eigenvalue weighted by Crippen LogP contribution is 2.20. The van der Waals surface area contributed by atoms with E-state index < -0.39 is 0 Å². The van der Waals surface area contributed by atoms with Gasteiger partial charge in [0.15, 0.2) is 0 Å². The SMILES string of the molecule is Cc1ccc(Oc2ncc(CO)cn2)cc1F. The number of aryl methyl sites for hydroxylation is 1. The van der Waals surface area contributed by atoms with Gasteiger partial charge in [-0.15, -0.1) is 0 Å². The molecule has 1 N–H and O–H groups in total. The van der Waals surface area contributed by atoms with Crippen molar-refractivity contribution >= 4 is 0 Å². The van der Waals surface area contributed by atoms with E-state index in [9.17, 15) is 4.39 Å². The van der Waals surface area contributed by atoms with Gasteiger partial charge in [0.1, 0.15) is 11.6 Å². The van der Waals surface area contributed by atoms with Gasteiger partial charge >= 0.3 is 6.01 Å². The molecule has 0 atom stereocenters. The molecule has 4 nitrogen and oxygen atoms in total. The van der Waals surface area contributed by atoms with Crippen molar-refractivity contribution in [3.63, 3.8) is 0 Å². The van der Waals surface area contributed by atoms with Gasteiger partial charge in [0, 0.05) is 24.0 Å². The predicted octanol–water partition coefficient (Wildman–Crippen LogP) is 2.21. The largest absolute Gasteiger partial charge is 0.424 e. The highest BCUT2D eigenvalue weighted by Gasteiger charge is 2.03. The molecule has 0 saturated heterocycles. The first kappa shape index (κ1) is 11.5. The molecule has 0 spiro atoms. The summed E-state index contributed by atoms with van der Waals surface area (Å²) in [5.41, 5.74) is 1.14. The van der Waals surface area contributed by atoms with E-state index in [0.29, 0.717) is 16.9 Å². The molecule has 1 heterocycles. The second-order valence-corrected chi connectivity index (χ2v) is 3.55. The quantitative estimate of drug-likeness (QED) is 0.884. The molecular weight excluding hydrogens is 223 g/mol. The van der Waals surface area contributed by atoms with Crippen molar-refractivity contribution in [2.75, 3.05) is 0 Å². The molecule has 17 heavy (non-hydrogen) atoms. The third-order valence-electron chi connectivity index (χ3n) is 2.22. The maximum absolute atomic E-state index is 13.2. The van der Waals surface area contributed by atoms with Crippen LogP contribution in [0.5, 0.6) is 11.8 Å². The number of halogens is 1. The summed E-state index contributed by atoms with van der Waals surface area (Å²) >= 11 is 0. The van der Waals surface area contributed by atoms with Crippen LogP contribution in [-0.2, 0) is 6.61 Å². The van der Waals surface area contributed by atoms with Crippen LogP contribution in [0.4, 0.5) is 4.39 Å². The molecule has 0 aliphatic carbocycles. The van der Waals surface area contributed by atoms with Gasteiger partial charge in [-0.05, 0) is 18.6 Å². The van der Waals surface area contributed by atoms with Gasteiger partial charge in [-0.1, -0.05) is 6.07 Å². The van der Waals surface area contributed by atoms with Crippen LogP contribution < -0.4 is 4.74 Å². The van der Waals surface area contributed by atoms with Crippen LogP contribution in [-0.4, -0.2) is 15.1 Å². The minimum Gasteiger partial charge on any atom is -0.424 e. The number of ether oxygens (including phenoxy) is 1. The summed E-state index contributed by atoms with van der Waals surface area (Å²) in [5.74, 6) is -0.000623. The fourth-order valence-electron chi connectivity index (χ4n) is 1.22. The molecular formula is C12H11FN2O2. The zero-order valence-electron chi connectivity index (χ0n) is 9.22. The molecule has 0 radical (unpaired) electrons. The van der Waals surface area contributed by atoms with Crippen LogP contribution in [0.2, 0.25) is 0 Å². The van der Waals surface area contributed by atoms with Crippen LogP contribution in [0, 0.1) is 12.7 Å². The minimum atomic E-state index is -0.338. The Balaban J connectivity index is 2.16. The van der Waals surface area contributed by atoms with E-state index in [2.05, 4.69) is 9.97 Å². The Kier molecular flexibility index (Phi) is 3.30. The molecule has 0 aliphatic rings. The number of hydrogen-bond acceptors (Lipinski definition) is 4. The monoisotopic (exact) mass is 234 g/mol. The molecule has 2 rings (SSSR count). The summed E-state index contributed by atoms with van der Waals surface area (Å²) < 4.78 is 18.5. The fraction of sp³-hybridized carbons (Fsp3) is 0.167. The number of aromatic nitrogens is 2. The number of aliphatic hydroxyl groups excluding tert-OH is 1. The van der Waals surface area contributed by atoms with Gasteiger partial charge in [-0.25, -0.2) is 14.4 Å². The number of nitrogens with zero attached hydrogens (tertiary/aromatic N) is 2. The van der Waals surface area contributed by atoms with Crippen LogP contribution in [0.25, 0.3) is 0 Å². The molecule has 88 valence electrons. The average Bonchev–Trinajstić information content (AvgIpc) is 2.35. The number of rotatable bonds is 3. The lowest BCUT2D eigenvalue weighted by Gasteiger charge is -2.04. The van der Waals surface area contributed by atoms with Crippen molar-refractivity contribution in [3.05, 3.63) is 47.5 Å². The zero-order chi connectivity index (χ0) is 12.3. The van der Waals surface area contributed by atoms with Crippen LogP contribution >= 0.6 is 0 Å². The Bertz CT molecular complexity index is 514. The Hall–Kier alpha value is -2.01. The summed E-state index contributed by atoms with van der Waals surface area (Å²) in [5, 5.41) is 8.81. The van der Waals surface area contributed by atoms with Crippen molar-refractivity contribution in [3.8, 4) is 11.8 Å². The van der Waals surface area contributed by atoms with Gasteiger partial charge in [-0.2, -0.15) is 0 Å². The Morgan fingerprint density at radius 2 is 2.00 bits per heavy atom. The molecule has 0 aliphatic heterocycles. The average molecular weight is 234 g/mol. The number of aliphatic hydroxyl groups is 1. The lowest BCUT2D eigenvalue weighted by molar-refractivity contribution is 0.280. The molecule has 2 aromatic rings. The third kappa shape index (κ3) is 2.76. The normalized spacial score (nSPS) is 10.3. The molecule has 1 aromatic carbocycles. The predicted molar refractivity (Wildman–Crippen MR) is 59.2 cm³/mol. The summed E-state index contributed by atoms with van der Waals surface area (Å²) in [4.78, 5) is 7.76. The summed E-state index contributed by atoms with van der Waals surface area (Å²) in [6, 6.07) is 4.65. The number of hydrogen-bond donors (Lipinski definition) is 1. The van der Waals surface area contributed by atoms with E-state index in [4.69, 9.17) is 9.84 Å². The zero-order valence-corrected chi connectivity index (χ0v) is 9.22. The van der Waals surface area contributed by atoms with Gasteiger partial charge in [-0.3, -0.25) is 0 Å². The molecule has 0 bridgehead atoms. The van der Waals surface area contributed by atoms with Crippen molar-refractivity contribution in [2.45, 2.75) is 13.5 Å². The van der Waals surface area contributed by atoms with Gasteiger partial charge in [0.25, 0.3) is 0 Å². The van der Waals surface area contributed by atoms with Crippen LogP contribution in [0.15, 0.2) is 30.6 Å². The molecule has 0 fully saturated rings. The van der Waals surface area contributed by atoms with E-state index in [1.807, 2.05) is 0 Å². The van der Waals surface area contributed by atoms with E-state index >= 15 is 0 Å². The van der Waals surface area contributed by atoms with Gasteiger partial charge in [0.2, 0.25) is 0 Å². The van der Waals surface area contributed by atoms with Crippen molar-refractivity contribution in [1.29, 1.82) is 0 Å². The van der Waals surface area contributed by atoms with Gasteiger partial charge < -0.3 is 9.84 Å². The van der Waals surface area contributed by atoms with E-state index in [1.165, 1.54) is 18.5 Å². The minimum absolute atomic E-state index is 0.116. The summed E-state index contributed by atoms with van der Waals surface area (Å²) in [7, 11) is 0. The van der Waals surface area contributed by atoms with E-state index in [0.717, 1.165) is 0 Å². The van der Waals surface area contributed by atoms with E-state index in [1.54, 1.807) is 19.1 Å². The summed E-state index contributed by atoms with van der Waals surface area (Å²) in [6.07, 6.45) is 2.90. The highest BCUT2D eigenvalue weighted by atomic mass is 19.1. The topological polar surface area (TPSA) is 55.2 Å². The smallest absolute Gasteiger partial charge is 0.321 e. The van der Waals surface area contributed by atoms with Crippen molar-refractivity contribution in [2.24, 2.45) is 0 Å². The van der Waals surface area contributed by atoms with Gasteiger partial charge in [0.05, 0.1) is 6.61 Å². The highest BCUT2D eigenvalue weighted by molar-refractivity contribution is 5.29.